The fourth-order valence-electron chi connectivity index (χ4n) is 1.76. The Balaban J connectivity index is 1.94. The Morgan fingerprint density at radius 2 is 1.86 bits per heavy atom. The van der Waals surface area contributed by atoms with Crippen molar-refractivity contribution < 1.29 is 9.72 Å². The fraction of sp³-hybridized carbons (Fsp3) is 0.133. The summed E-state index contributed by atoms with van der Waals surface area (Å²) in [5.41, 5.74) is 4.67. The van der Waals surface area contributed by atoms with Gasteiger partial charge >= 0.3 is 0 Å². The summed E-state index contributed by atoms with van der Waals surface area (Å²) in [6.07, 6.45) is 3.39. The van der Waals surface area contributed by atoms with Gasteiger partial charge < -0.3 is 0 Å². The summed E-state index contributed by atoms with van der Waals surface area (Å²) in [5, 5.41) is 14.6. The van der Waals surface area contributed by atoms with Gasteiger partial charge in [-0.05, 0) is 24.6 Å². The molecule has 7 nitrogen and oxygen atoms in total. The third kappa shape index (κ3) is 4.20. The number of aromatic nitrogens is 1. The standard InChI is InChI=1S/C15H14N4O3/c1-11(13-6-8-16-9-7-13)17-18-15(20)10-12-2-4-14(5-3-12)19(21)22/h2-9H,10H2,1H3,(H,18,20)/b17-11+. The van der Waals surface area contributed by atoms with Gasteiger partial charge in [0.2, 0.25) is 5.91 Å². The lowest BCUT2D eigenvalue weighted by atomic mass is 10.1. The number of carbonyl (C=O) groups excluding carboxylic acids is 1. The third-order valence-electron chi connectivity index (χ3n) is 2.96. The molecule has 0 saturated heterocycles. The highest BCUT2D eigenvalue weighted by Gasteiger charge is 2.07. The first-order valence-electron chi connectivity index (χ1n) is 6.53. The minimum absolute atomic E-state index is 0.00397. The second kappa shape index (κ2) is 7.07. The van der Waals surface area contributed by atoms with Crippen LogP contribution in [-0.2, 0) is 11.2 Å². The van der Waals surface area contributed by atoms with E-state index in [4.69, 9.17) is 0 Å². The number of nitrogens with one attached hydrogen (secondary N) is 1. The second-order valence-corrected chi connectivity index (χ2v) is 4.57. The summed E-state index contributed by atoms with van der Waals surface area (Å²) >= 11 is 0. The number of pyridine rings is 1. The molecule has 0 aliphatic rings. The number of amides is 1. The molecule has 1 N–H and O–H groups in total. The van der Waals surface area contributed by atoms with Gasteiger partial charge in [-0.15, -0.1) is 0 Å². The zero-order valence-corrected chi connectivity index (χ0v) is 11.9. The van der Waals surface area contributed by atoms with Crippen LogP contribution in [-0.4, -0.2) is 21.5 Å². The van der Waals surface area contributed by atoms with Crippen LogP contribution >= 0.6 is 0 Å². The van der Waals surface area contributed by atoms with Gasteiger partial charge in [0.25, 0.3) is 5.69 Å². The first-order chi connectivity index (χ1) is 10.6. The number of hydrogen-bond donors (Lipinski definition) is 1. The van der Waals surface area contributed by atoms with Crippen molar-refractivity contribution in [3.8, 4) is 0 Å². The van der Waals surface area contributed by atoms with Gasteiger partial charge in [0, 0.05) is 30.1 Å². The maximum atomic E-state index is 11.8. The molecule has 0 aliphatic carbocycles. The molecule has 0 unspecified atom stereocenters. The van der Waals surface area contributed by atoms with E-state index in [-0.39, 0.29) is 18.0 Å². The molecular formula is C15H14N4O3. The van der Waals surface area contributed by atoms with Crippen LogP contribution in [0.4, 0.5) is 5.69 Å². The van der Waals surface area contributed by atoms with Crippen molar-refractivity contribution in [2.75, 3.05) is 0 Å². The first-order valence-corrected chi connectivity index (χ1v) is 6.53. The number of nitro benzene ring substituents is 1. The largest absolute Gasteiger partial charge is 0.273 e. The Bertz CT molecular complexity index is 696. The summed E-state index contributed by atoms with van der Waals surface area (Å²) in [4.78, 5) is 25.8. The SMILES string of the molecule is C/C(=N\NC(=O)Cc1ccc([N+](=O)[O-])cc1)c1ccncc1. The van der Waals surface area contributed by atoms with Gasteiger partial charge in [0.05, 0.1) is 17.1 Å². The Labute approximate surface area is 126 Å². The monoisotopic (exact) mass is 298 g/mol. The Morgan fingerprint density at radius 3 is 2.45 bits per heavy atom. The van der Waals surface area contributed by atoms with Gasteiger partial charge in [-0.3, -0.25) is 19.9 Å². The maximum absolute atomic E-state index is 11.8. The minimum atomic E-state index is -0.480. The van der Waals surface area contributed by atoms with Gasteiger partial charge in [0.1, 0.15) is 0 Å². The molecule has 1 aromatic heterocycles. The molecule has 2 aromatic rings. The van der Waals surface area contributed by atoms with Crippen LogP contribution in [0.15, 0.2) is 53.9 Å². The van der Waals surface area contributed by atoms with Crippen LogP contribution < -0.4 is 5.43 Å². The first kappa shape index (κ1) is 15.3. The van der Waals surface area contributed by atoms with Gasteiger partial charge in [-0.25, -0.2) is 5.43 Å². The second-order valence-electron chi connectivity index (χ2n) is 4.57. The summed E-state index contributed by atoms with van der Waals surface area (Å²) in [6.45, 7) is 1.78. The van der Waals surface area contributed by atoms with Crippen LogP contribution in [0.25, 0.3) is 0 Å². The molecule has 1 heterocycles. The molecule has 2 rings (SSSR count). The van der Waals surface area contributed by atoms with E-state index in [1.807, 2.05) is 0 Å². The molecule has 0 aliphatic heterocycles. The average Bonchev–Trinajstić information content (AvgIpc) is 2.54. The fourth-order valence-corrected chi connectivity index (χ4v) is 1.76. The quantitative estimate of drug-likeness (QED) is 0.519. The number of nitrogens with zero attached hydrogens (tertiary/aromatic N) is 3. The van der Waals surface area contributed by atoms with Crippen LogP contribution in [0, 0.1) is 10.1 Å². The van der Waals surface area contributed by atoms with Crippen molar-refractivity contribution >= 4 is 17.3 Å². The smallest absolute Gasteiger partial charge is 0.269 e. The Morgan fingerprint density at radius 1 is 1.23 bits per heavy atom. The highest BCUT2D eigenvalue weighted by Crippen LogP contribution is 2.12. The molecule has 0 atom stereocenters. The lowest BCUT2D eigenvalue weighted by molar-refractivity contribution is -0.384. The molecule has 22 heavy (non-hydrogen) atoms. The molecule has 7 heteroatoms. The summed E-state index contributed by atoms with van der Waals surface area (Å²) in [6, 6.07) is 9.43. The van der Waals surface area contributed by atoms with Crippen molar-refractivity contribution in [3.63, 3.8) is 0 Å². The molecule has 1 amide bonds. The van der Waals surface area contributed by atoms with Crippen LogP contribution in [0.1, 0.15) is 18.1 Å². The summed E-state index contributed by atoms with van der Waals surface area (Å²) in [7, 11) is 0. The highest BCUT2D eigenvalue weighted by atomic mass is 16.6. The van der Waals surface area contributed by atoms with Crippen molar-refractivity contribution in [2.45, 2.75) is 13.3 Å². The van der Waals surface area contributed by atoms with E-state index in [1.165, 1.54) is 12.1 Å². The van der Waals surface area contributed by atoms with Crippen molar-refractivity contribution in [1.82, 2.24) is 10.4 Å². The molecule has 1 aromatic carbocycles. The van der Waals surface area contributed by atoms with Crippen LogP contribution in [0.2, 0.25) is 0 Å². The van der Waals surface area contributed by atoms with Crippen molar-refractivity contribution in [2.24, 2.45) is 5.10 Å². The number of benzene rings is 1. The molecule has 0 bridgehead atoms. The molecule has 0 saturated carbocycles. The Hall–Kier alpha value is -3.09. The van der Waals surface area contributed by atoms with Crippen molar-refractivity contribution in [3.05, 3.63) is 70.0 Å². The van der Waals surface area contributed by atoms with Gasteiger partial charge in [0.15, 0.2) is 0 Å². The van der Waals surface area contributed by atoms with E-state index < -0.39 is 4.92 Å². The van der Waals surface area contributed by atoms with Gasteiger partial charge in [-0.2, -0.15) is 5.10 Å². The number of non-ortho nitro benzene ring substituents is 1. The molecule has 0 fully saturated rings. The van der Waals surface area contributed by atoms with Crippen molar-refractivity contribution in [1.29, 1.82) is 0 Å². The van der Waals surface area contributed by atoms with E-state index in [0.717, 1.165) is 5.56 Å². The zero-order chi connectivity index (χ0) is 15.9. The average molecular weight is 298 g/mol. The lowest BCUT2D eigenvalue weighted by Gasteiger charge is -2.03. The molecular weight excluding hydrogens is 284 g/mol. The predicted molar refractivity (Wildman–Crippen MR) is 81.4 cm³/mol. The normalized spacial score (nSPS) is 11.0. The summed E-state index contributed by atoms with van der Waals surface area (Å²) < 4.78 is 0. The van der Waals surface area contributed by atoms with E-state index in [2.05, 4.69) is 15.5 Å². The maximum Gasteiger partial charge on any atom is 0.269 e. The highest BCUT2D eigenvalue weighted by molar-refractivity contribution is 5.99. The number of hydrogen-bond acceptors (Lipinski definition) is 5. The number of rotatable bonds is 5. The zero-order valence-electron chi connectivity index (χ0n) is 11.9. The van der Waals surface area contributed by atoms with E-state index >= 15 is 0 Å². The molecule has 0 radical (unpaired) electrons. The predicted octanol–water partition coefficient (Wildman–Crippen LogP) is 2.07. The van der Waals surface area contributed by atoms with E-state index in [1.54, 1.807) is 43.6 Å². The van der Waals surface area contributed by atoms with Gasteiger partial charge in [-0.1, -0.05) is 12.1 Å². The molecule has 112 valence electrons. The summed E-state index contributed by atoms with van der Waals surface area (Å²) in [5.74, 6) is -0.290. The number of nitro groups is 1. The van der Waals surface area contributed by atoms with E-state index in [0.29, 0.717) is 11.3 Å². The lowest BCUT2D eigenvalue weighted by Crippen LogP contribution is -2.21. The van der Waals surface area contributed by atoms with Crippen LogP contribution in [0.5, 0.6) is 0 Å². The van der Waals surface area contributed by atoms with Crippen LogP contribution in [0.3, 0.4) is 0 Å². The van der Waals surface area contributed by atoms with E-state index in [9.17, 15) is 14.9 Å². The topological polar surface area (TPSA) is 97.5 Å². The minimum Gasteiger partial charge on any atom is -0.273 e. The Kier molecular flexibility index (Phi) is 4.92. The molecule has 0 spiro atoms. The number of hydrazone groups is 1. The third-order valence-corrected chi connectivity index (χ3v) is 2.96. The number of carbonyl (C=O) groups is 1.